The lowest BCUT2D eigenvalue weighted by Crippen LogP contribution is -2.53. The summed E-state index contributed by atoms with van der Waals surface area (Å²) in [5, 5.41) is 3.00. The van der Waals surface area contributed by atoms with E-state index in [9.17, 15) is 13.2 Å². The third kappa shape index (κ3) is 4.74. The van der Waals surface area contributed by atoms with Gasteiger partial charge in [0.15, 0.2) is 0 Å². The first-order valence-corrected chi connectivity index (χ1v) is 11.7. The normalized spacial score (nSPS) is 17.0. The highest BCUT2D eigenvalue weighted by molar-refractivity contribution is 7.89. The number of piperazine rings is 1. The van der Waals surface area contributed by atoms with Gasteiger partial charge in [0.1, 0.15) is 0 Å². The summed E-state index contributed by atoms with van der Waals surface area (Å²) in [6.07, 6.45) is 0. The van der Waals surface area contributed by atoms with Crippen LogP contribution in [-0.4, -0.2) is 55.8 Å². The number of rotatable bonds is 5. The van der Waals surface area contributed by atoms with Crippen molar-refractivity contribution in [1.82, 2.24) is 9.21 Å². The fraction of sp³-hybridized carbons (Fsp3) is 0.435. The van der Waals surface area contributed by atoms with Crippen LogP contribution in [0.5, 0.6) is 0 Å². The van der Waals surface area contributed by atoms with E-state index < -0.39 is 10.0 Å². The highest BCUT2D eigenvalue weighted by Crippen LogP contribution is 2.22. The second-order valence-corrected chi connectivity index (χ2v) is 10.1. The molecule has 1 saturated heterocycles. The number of carbonyl (C=O) groups excluding carboxylic acids is 1. The maximum absolute atomic E-state index is 13.0. The Balaban J connectivity index is 1.62. The number of amides is 1. The fourth-order valence-corrected chi connectivity index (χ4v) is 5.22. The van der Waals surface area contributed by atoms with Gasteiger partial charge in [0.25, 0.3) is 0 Å². The first kappa shape index (κ1) is 22.5. The molecule has 0 aliphatic carbocycles. The number of carbonyl (C=O) groups is 1. The van der Waals surface area contributed by atoms with Crippen LogP contribution in [0, 0.1) is 27.7 Å². The smallest absolute Gasteiger partial charge is 0.243 e. The topological polar surface area (TPSA) is 69.7 Å². The van der Waals surface area contributed by atoms with E-state index in [1.54, 1.807) is 12.1 Å². The Morgan fingerprint density at radius 2 is 1.57 bits per heavy atom. The molecule has 1 aliphatic heterocycles. The molecule has 30 heavy (non-hydrogen) atoms. The summed E-state index contributed by atoms with van der Waals surface area (Å²) < 4.78 is 27.5. The Bertz CT molecular complexity index is 1040. The van der Waals surface area contributed by atoms with E-state index in [1.807, 2.05) is 63.8 Å². The average Bonchev–Trinajstić information content (AvgIpc) is 2.71. The van der Waals surface area contributed by atoms with Crippen molar-refractivity contribution in [3.05, 3.63) is 58.7 Å². The number of aryl methyl sites for hydroxylation is 4. The summed E-state index contributed by atoms with van der Waals surface area (Å²) in [6.45, 7) is 11.5. The van der Waals surface area contributed by atoms with Crippen LogP contribution in [0.1, 0.15) is 29.2 Å². The van der Waals surface area contributed by atoms with Gasteiger partial charge in [0.05, 0.1) is 10.9 Å². The molecule has 1 atom stereocenters. The fourth-order valence-electron chi connectivity index (χ4n) is 3.71. The standard InChI is InChI=1S/C23H31N3O3S/c1-16-6-9-22(19(4)14-16)24-23(27)20(5)25-10-12-26(13-11-25)30(28,29)21-8-7-17(2)18(3)15-21/h6-9,14-15,20H,10-13H2,1-5H3,(H,24,27). The summed E-state index contributed by atoms with van der Waals surface area (Å²) >= 11 is 0. The van der Waals surface area contributed by atoms with Crippen molar-refractivity contribution in [2.45, 2.75) is 45.6 Å². The highest BCUT2D eigenvalue weighted by atomic mass is 32.2. The van der Waals surface area contributed by atoms with Gasteiger partial charge < -0.3 is 5.32 Å². The number of hydrogen-bond acceptors (Lipinski definition) is 4. The van der Waals surface area contributed by atoms with E-state index in [4.69, 9.17) is 0 Å². The van der Waals surface area contributed by atoms with Gasteiger partial charge >= 0.3 is 0 Å². The largest absolute Gasteiger partial charge is 0.324 e. The van der Waals surface area contributed by atoms with Crippen molar-refractivity contribution < 1.29 is 13.2 Å². The summed E-state index contributed by atoms with van der Waals surface area (Å²) in [4.78, 5) is 15.1. The molecule has 1 N–H and O–H groups in total. The SMILES string of the molecule is Cc1ccc(NC(=O)C(C)N2CCN(S(=O)(=O)c3ccc(C)c(C)c3)CC2)c(C)c1. The molecular formula is C23H31N3O3S. The number of sulfonamides is 1. The molecule has 1 amide bonds. The zero-order valence-corrected chi connectivity index (χ0v) is 19.2. The summed E-state index contributed by atoms with van der Waals surface area (Å²) in [6, 6.07) is 10.8. The summed E-state index contributed by atoms with van der Waals surface area (Å²) in [7, 11) is -3.52. The van der Waals surface area contributed by atoms with E-state index in [0.717, 1.165) is 27.9 Å². The van der Waals surface area contributed by atoms with E-state index >= 15 is 0 Å². The maximum atomic E-state index is 13.0. The number of anilines is 1. The molecule has 2 aromatic rings. The first-order chi connectivity index (χ1) is 14.1. The molecule has 0 bridgehead atoms. The van der Waals surface area contributed by atoms with Crippen molar-refractivity contribution in [3.8, 4) is 0 Å². The lowest BCUT2D eigenvalue weighted by molar-refractivity contribution is -0.121. The van der Waals surface area contributed by atoms with Crippen LogP contribution in [0.15, 0.2) is 41.3 Å². The zero-order valence-electron chi connectivity index (χ0n) is 18.4. The van der Waals surface area contributed by atoms with Gasteiger partial charge in [-0.1, -0.05) is 23.8 Å². The molecule has 0 aromatic heterocycles. The van der Waals surface area contributed by atoms with Crippen LogP contribution in [-0.2, 0) is 14.8 Å². The van der Waals surface area contributed by atoms with Crippen molar-refractivity contribution in [1.29, 1.82) is 0 Å². The molecule has 1 aliphatic rings. The Kier molecular flexibility index (Phi) is 6.65. The van der Waals surface area contributed by atoms with Gasteiger partial charge in [0.2, 0.25) is 15.9 Å². The van der Waals surface area contributed by atoms with E-state index in [-0.39, 0.29) is 11.9 Å². The molecule has 3 rings (SSSR count). The molecule has 0 spiro atoms. The predicted molar refractivity (Wildman–Crippen MR) is 120 cm³/mol. The molecule has 0 radical (unpaired) electrons. The Hall–Kier alpha value is -2.22. The summed E-state index contributed by atoms with van der Waals surface area (Å²) in [5.41, 5.74) is 5.03. The Labute approximate surface area is 179 Å². The van der Waals surface area contributed by atoms with Crippen LogP contribution >= 0.6 is 0 Å². The van der Waals surface area contributed by atoms with Crippen molar-refractivity contribution in [2.24, 2.45) is 0 Å². The highest BCUT2D eigenvalue weighted by Gasteiger charge is 2.32. The van der Waals surface area contributed by atoms with Crippen molar-refractivity contribution in [2.75, 3.05) is 31.5 Å². The minimum Gasteiger partial charge on any atom is -0.324 e. The lowest BCUT2D eigenvalue weighted by atomic mass is 10.1. The molecular weight excluding hydrogens is 398 g/mol. The number of hydrogen-bond donors (Lipinski definition) is 1. The van der Waals surface area contributed by atoms with E-state index in [0.29, 0.717) is 31.1 Å². The molecule has 1 fully saturated rings. The average molecular weight is 430 g/mol. The number of benzene rings is 2. The van der Waals surface area contributed by atoms with Crippen molar-refractivity contribution in [3.63, 3.8) is 0 Å². The Morgan fingerprint density at radius 3 is 2.17 bits per heavy atom. The predicted octanol–water partition coefficient (Wildman–Crippen LogP) is 3.25. The summed E-state index contributed by atoms with van der Waals surface area (Å²) in [5.74, 6) is -0.0765. The second-order valence-electron chi connectivity index (χ2n) is 8.17. The molecule has 162 valence electrons. The molecule has 6 nitrogen and oxygen atoms in total. The van der Waals surface area contributed by atoms with Gasteiger partial charge in [0, 0.05) is 31.9 Å². The second kappa shape index (κ2) is 8.88. The third-order valence-corrected chi connectivity index (χ3v) is 7.85. The zero-order chi connectivity index (χ0) is 22.1. The van der Waals surface area contributed by atoms with Crippen LogP contribution in [0.2, 0.25) is 0 Å². The lowest BCUT2D eigenvalue weighted by Gasteiger charge is -2.36. The molecule has 0 saturated carbocycles. The van der Waals surface area contributed by atoms with Gasteiger partial charge in [-0.25, -0.2) is 8.42 Å². The Morgan fingerprint density at radius 1 is 0.900 bits per heavy atom. The van der Waals surface area contributed by atoms with Gasteiger partial charge in [-0.2, -0.15) is 4.31 Å². The number of nitrogens with zero attached hydrogens (tertiary/aromatic N) is 2. The van der Waals surface area contributed by atoms with Crippen molar-refractivity contribution >= 4 is 21.6 Å². The minimum atomic E-state index is -3.52. The quantitative estimate of drug-likeness (QED) is 0.792. The molecule has 7 heteroatoms. The van der Waals surface area contributed by atoms with Crippen LogP contribution < -0.4 is 5.32 Å². The molecule has 1 heterocycles. The van der Waals surface area contributed by atoms with Gasteiger partial charge in [-0.05, 0) is 69.5 Å². The molecule has 1 unspecified atom stereocenters. The number of nitrogens with one attached hydrogen (secondary N) is 1. The van der Waals surface area contributed by atoms with Gasteiger partial charge in [-0.3, -0.25) is 9.69 Å². The minimum absolute atomic E-state index is 0.0765. The van der Waals surface area contributed by atoms with Crippen LogP contribution in [0.3, 0.4) is 0 Å². The molecule has 2 aromatic carbocycles. The van der Waals surface area contributed by atoms with Crippen LogP contribution in [0.25, 0.3) is 0 Å². The van der Waals surface area contributed by atoms with Crippen LogP contribution in [0.4, 0.5) is 5.69 Å². The monoisotopic (exact) mass is 429 g/mol. The van der Waals surface area contributed by atoms with E-state index in [2.05, 4.69) is 5.32 Å². The first-order valence-electron chi connectivity index (χ1n) is 10.3. The van der Waals surface area contributed by atoms with Gasteiger partial charge in [-0.15, -0.1) is 0 Å². The third-order valence-electron chi connectivity index (χ3n) is 5.96. The van der Waals surface area contributed by atoms with E-state index in [1.165, 1.54) is 4.31 Å². The maximum Gasteiger partial charge on any atom is 0.243 e.